The minimum Gasteiger partial charge on any atom is -0.457 e. The Balaban J connectivity index is 1.27. The summed E-state index contributed by atoms with van der Waals surface area (Å²) in [5.41, 5.74) is 0.652. The molecule has 4 unspecified atom stereocenters. The Labute approximate surface area is 169 Å². The predicted octanol–water partition coefficient (Wildman–Crippen LogP) is 5.17. The van der Waals surface area contributed by atoms with Crippen LogP contribution in [0.25, 0.3) is 10.8 Å². The van der Waals surface area contributed by atoms with E-state index in [0.717, 1.165) is 35.8 Å². The lowest BCUT2D eigenvalue weighted by atomic mass is 9.81. The zero-order chi connectivity index (χ0) is 19.5. The number of carbonyl (C=O) groups is 2. The van der Waals surface area contributed by atoms with Gasteiger partial charge in [-0.05, 0) is 66.8 Å². The summed E-state index contributed by atoms with van der Waals surface area (Å²) in [6.45, 7) is 0. The van der Waals surface area contributed by atoms with Gasteiger partial charge in [-0.2, -0.15) is 0 Å². The molecule has 2 aliphatic carbocycles. The molecule has 3 aliphatic rings. The third-order valence-corrected chi connectivity index (χ3v) is 7.00. The number of hydrogen-bond donors (Lipinski definition) is 0. The Hall–Kier alpha value is -3.14. The number of imide groups is 1. The van der Waals surface area contributed by atoms with Crippen LogP contribution >= 0.6 is 0 Å². The summed E-state index contributed by atoms with van der Waals surface area (Å²) in [7, 11) is 0. The first-order valence-electron chi connectivity index (χ1n) is 10.3. The van der Waals surface area contributed by atoms with Gasteiger partial charge < -0.3 is 4.74 Å². The van der Waals surface area contributed by atoms with Crippen LogP contribution in [0.2, 0.25) is 0 Å². The van der Waals surface area contributed by atoms with Crippen LogP contribution in [0.5, 0.6) is 11.5 Å². The van der Waals surface area contributed by atoms with E-state index in [9.17, 15) is 9.59 Å². The summed E-state index contributed by atoms with van der Waals surface area (Å²) >= 11 is 0. The predicted molar refractivity (Wildman–Crippen MR) is 111 cm³/mol. The molecule has 1 saturated heterocycles. The lowest BCUT2D eigenvalue weighted by molar-refractivity contribution is -0.123. The maximum absolute atomic E-state index is 13.0. The first-order chi connectivity index (χ1) is 14.2. The molecule has 3 aromatic rings. The minimum atomic E-state index is -0.0899. The van der Waals surface area contributed by atoms with Crippen molar-refractivity contribution in [2.45, 2.75) is 19.3 Å². The number of nitrogens with zero attached hydrogens (tertiary/aromatic N) is 1. The highest BCUT2D eigenvalue weighted by Crippen LogP contribution is 2.56. The van der Waals surface area contributed by atoms with Crippen molar-refractivity contribution >= 4 is 28.3 Å². The second-order valence-electron chi connectivity index (χ2n) is 8.47. The maximum Gasteiger partial charge on any atom is 0.237 e. The molecule has 4 atom stereocenters. The molecule has 4 nitrogen and oxygen atoms in total. The maximum atomic E-state index is 13.0. The lowest BCUT2D eigenvalue weighted by Crippen LogP contribution is -2.32. The van der Waals surface area contributed by atoms with E-state index in [0.29, 0.717) is 23.3 Å². The van der Waals surface area contributed by atoms with Crippen molar-refractivity contribution in [1.29, 1.82) is 0 Å². The summed E-state index contributed by atoms with van der Waals surface area (Å²) in [6, 6.07) is 21.4. The molecule has 4 heteroatoms. The van der Waals surface area contributed by atoms with Gasteiger partial charge in [-0.25, -0.2) is 0 Å². The summed E-state index contributed by atoms with van der Waals surface area (Å²) in [4.78, 5) is 27.4. The number of amides is 2. The summed E-state index contributed by atoms with van der Waals surface area (Å²) in [5, 5.41) is 2.17. The number of carbonyl (C=O) groups excluding carboxylic acids is 2. The Morgan fingerprint density at radius 3 is 2.14 bits per heavy atom. The molecule has 144 valence electrons. The topological polar surface area (TPSA) is 46.6 Å². The number of fused-ring (bicyclic) bond motifs is 6. The minimum absolute atomic E-state index is 0.00470. The van der Waals surface area contributed by atoms with Crippen molar-refractivity contribution in [3.05, 3.63) is 66.7 Å². The van der Waals surface area contributed by atoms with Crippen LogP contribution in [0.1, 0.15) is 19.3 Å². The molecule has 0 radical (unpaired) electrons. The van der Waals surface area contributed by atoms with E-state index in [1.165, 1.54) is 4.90 Å². The molecule has 3 aromatic carbocycles. The zero-order valence-electron chi connectivity index (χ0n) is 16.0. The fourth-order valence-corrected chi connectivity index (χ4v) is 5.74. The number of anilines is 1. The van der Waals surface area contributed by atoms with Crippen molar-refractivity contribution < 1.29 is 14.3 Å². The fraction of sp³-hybridized carbons (Fsp3) is 0.280. The van der Waals surface area contributed by atoms with Gasteiger partial charge in [0.1, 0.15) is 11.5 Å². The summed E-state index contributed by atoms with van der Waals surface area (Å²) in [6.07, 6.45) is 3.24. The van der Waals surface area contributed by atoms with Crippen LogP contribution in [0.3, 0.4) is 0 Å². The fourth-order valence-electron chi connectivity index (χ4n) is 5.74. The van der Waals surface area contributed by atoms with Crippen molar-refractivity contribution in [1.82, 2.24) is 0 Å². The van der Waals surface area contributed by atoms with Gasteiger partial charge in [0.2, 0.25) is 11.8 Å². The van der Waals surface area contributed by atoms with Gasteiger partial charge in [0.25, 0.3) is 0 Å². The van der Waals surface area contributed by atoms with E-state index >= 15 is 0 Å². The van der Waals surface area contributed by atoms with Gasteiger partial charge in [0, 0.05) is 5.39 Å². The monoisotopic (exact) mass is 383 g/mol. The Morgan fingerprint density at radius 1 is 0.759 bits per heavy atom. The highest BCUT2D eigenvalue weighted by atomic mass is 16.5. The molecule has 0 N–H and O–H groups in total. The van der Waals surface area contributed by atoms with Gasteiger partial charge in [-0.3, -0.25) is 14.5 Å². The van der Waals surface area contributed by atoms with Crippen molar-refractivity contribution in [2.75, 3.05) is 4.90 Å². The Kier molecular flexibility index (Phi) is 3.58. The van der Waals surface area contributed by atoms with Crippen LogP contribution < -0.4 is 9.64 Å². The highest BCUT2D eigenvalue weighted by Gasteiger charge is 2.61. The molecule has 1 heterocycles. The van der Waals surface area contributed by atoms with E-state index in [4.69, 9.17) is 4.74 Å². The largest absolute Gasteiger partial charge is 0.457 e. The second-order valence-corrected chi connectivity index (χ2v) is 8.47. The average Bonchev–Trinajstić information content (AvgIpc) is 3.43. The van der Waals surface area contributed by atoms with E-state index < -0.39 is 0 Å². The Bertz CT molecular complexity index is 1100. The average molecular weight is 383 g/mol. The van der Waals surface area contributed by atoms with E-state index in [2.05, 4.69) is 12.1 Å². The standard InChI is InChI=1S/C25H21NO3/c27-24-22-16-8-9-17(14-16)23(22)25(28)26(24)18-10-12-19(13-11-18)29-21-7-3-5-15-4-1-2-6-20(15)21/h1-7,10-13,16-17,22-23H,8-9,14H2. The second kappa shape index (κ2) is 6.18. The molecule has 2 amide bonds. The summed E-state index contributed by atoms with van der Waals surface area (Å²) in [5.74, 6) is 2.09. The molecule has 2 saturated carbocycles. The SMILES string of the molecule is O=C1C2C3CCC(C3)C2C(=O)N1c1ccc(Oc2cccc3ccccc23)cc1. The third-order valence-electron chi connectivity index (χ3n) is 7.00. The quantitative estimate of drug-likeness (QED) is 0.587. The van der Waals surface area contributed by atoms with Gasteiger partial charge in [-0.15, -0.1) is 0 Å². The van der Waals surface area contributed by atoms with Gasteiger partial charge in [0.05, 0.1) is 17.5 Å². The molecule has 1 aliphatic heterocycles. The van der Waals surface area contributed by atoms with Crippen molar-refractivity contribution in [3.63, 3.8) is 0 Å². The van der Waals surface area contributed by atoms with Crippen molar-refractivity contribution in [2.24, 2.45) is 23.7 Å². The normalized spacial score (nSPS) is 27.7. The number of benzene rings is 3. The van der Waals surface area contributed by atoms with E-state index in [1.807, 2.05) is 54.6 Å². The molecule has 29 heavy (non-hydrogen) atoms. The van der Waals surface area contributed by atoms with Crippen LogP contribution in [-0.2, 0) is 9.59 Å². The van der Waals surface area contributed by atoms with Crippen molar-refractivity contribution in [3.8, 4) is 11.5 Å². The molecule has 0 aromatic heterocycles. The van der Waals surface area contributed by atoms with Crippen LogP contribution in [0.4, 0.5) is 5.69 Å². The zero-order valence-corrected chi connectivity index (χ0v) is 16.0. The van der Waals surface area contributed by atoms with E-state index in [-0.39, 0.29) is 23.7 Å². The smallest absolute Gasteiger partial charge is 0.237 e. The molecule has 2 bridgehead atoms. The first kappa shape index (κ1) is 16.8. The number of hydrogen-bond acceptors (Lipinski definition) is 3. The van der Waals surface area contributed by atoms with E-state index in [1.54, 1.807) is 0 Å². The van der Waals surface area contributed by atoms with Crippen LogP contribution in [0.15, 0.2) is 66.7 Å². The molecule has 6 rings (SSSR count). The Morgan fingerprint density at radius 2 is 1.41 bits per heavy atom. The van der Waals surface area contributed by atoms with Gasteiger partial charge >= 0.3 is 0 Å². The van der Waals surface area contributed by atoms with Gasteiger partial charge in [-0.1, -0.05) is 36.4 Å². The molecular formula is C25H21NO3. The lowest BCUT2D eigenvalue weighted by Gasteiger charge is -2.19. The van der Waals surface area contributed by atoms with Crippen LogP contribution in [0, 0.1) is 23.7 Å². The molecule has 0 spiro atoms. The molecule has 3 fully saturated rings. The first-order valence-corrected chi connectivity index (χ1v) is 10.3. The highest BCUT2D eigenvalue weighted by molar-refractivity contribution is 6.22. The summed E-state index contributed by atoms with van der Waals surface area (Å²) < 4.78 is 6.09. The number of ether oxygens (including phenoxy) is 1. The third kappa shape index (κ3) is 2.45. The van der Waals surface area contributed by atoms with Crippen LogP contribution in [-0.4, -0.2) is 11.8 Å². The van der Waals surface area contributed by atoms with Gasteiger partial charge in [0.15, 0.2) is 0 Å². The number of rotatable bonds is 3. The molecular weight excluding hydrogens is 362 g/mol.